The largest absolute Gasteiger partial charge is 0.356 e. The van der Waals surface area contributed by atoms with Gasteiger partial charge in [-0.1, -0.05) is 52.0 Å². The molecule has 0 bridgehead atoms. The Morgan fingerprint density at radius 2 is 1.69 bits per heavy atom. The van der Waals surface area contributed by atoms with Gasteiger partial charge in [0.15, 0.2) is 0 Å². The molecule has 5 heteroatoms. The molecule has 1 atom stereocenters. The Labute approximate surface area is 158 Å². The molecule has 2 N–H and O–H groups in total. The number of hydrogen-bond donors (Lipinski definition) is 2. The van der Waals surface area contributed by atoms with E-state index in [0.29, 0.717) is 25.9 Å². The van der Waals surface area contributed by atoms with E-state index in [4.69, 9.17) is 0 Å². The van der Waals surface area contributed by atoms with E-state index in [0.717, 1.165) is 6.42 Å². The van der Waals surface area contributed by atoms with Crippen molar-refractivity contribution >= 4 is 11.8 Å². The molecular formula is C21H35N3O2. The Morgan fingerprint density at radius 3 is 2.19 bits per heavy atom. The Balaban J connectivity index is 2.41. The van der Waals surface area contributed by atoms with Gasteiger partial charge in [-0.3, -0.25) is 9.59 Å². The van der Waals surface area contributed by atoms with Crippen molar-refractivity contribution in [2.45, 2.75) is 53.0 Å². The summed E-state index contributed by atoms with van der Waals surface area (Å²) in [4.78, 5) is 26.0. The van der Waals surface area contributed by atoms with Crippen LogP contribution in [0.3, 0.4) is 0 Å². The Morgan fingerprint density at radius 1 is 1.08 bits per heavy atom. The number of carbonyl (C=O) groups is 2. The molecule has 1 aromatic rings. The van der Waals surface area contributed by atoms with Gasteiger partial charge in [0, 0.05) is 24.9 Å². The average molecular weight is 362 g/mol. The molecule has 0 aliphatic rings. The average Bonchev–Trinajstić information content (AvgIpc) is 2.58. The van der Waals surface area contributed by atoms with Gasteiger partial charge < -0.3 is 15.5 Å². The van der Waals surface area contributed by atoms with E-state index in [9.17, 15) is 9.59 Å². The molecule has 1 rings (SSSR count). The van der Waals surface area contributed by atoms with Crippen LogP contribution in [-0.2, 0) is 16.0 Å². The second-order valence-corrected chi connectivity index (χ2v) is 7.99. The normalized spacial score (nSPS) is 12.7. The number of amides is 2. The Bertz CT molecular complexity index is 574. The Kier molecular flexibility index (Phi) is 8.79. The highest BCUT2D eigenvalue weighted by molar-refractivity contribution is 5.81. The summed E-state index contributed by atoms with van der Waals surface area (Å²) >= 11 is 0. The number of benzene rings is 1. The maximum Gasteiger partial charge on any atom is 0.225 e. The molecule has 1 unspecified atom stereocenters. The quantitative estimate of drug-likeness (QED) is 0.665. The zero-order valence-electron chi connectivity index (χ0n) is 17.2. The van der Waals surface area contributed by atoms with Crippen LogP contribution >= 0.6 is 0 Å². The van der Waals surface area contributed by atoms with Crippen LogP contribution in [0.1, 0.15) is 57.7 Å². The first-order chi connectivity index (χ1) is 12.1. The lowest BCUT2D eigenvalue weighted by Gasteiger charge is -2.25. The molecule has 146 valence electrons. The summed E-state index contributed by atoms with van der Waals surface area (Å²) in [6.45, 7) is 8.88. The van der Waals surface area contributed by atoms with Crippen molar-refractivity contribution in [2.75, 3.05) is 27.2 Å². The molecular weight excluding hydrogens is 326 g/mol. The maximum absolute atomic E-state index is 12.1. The highest BCUT2D eigenvalue weighted by atomic mass is 16.2. The molecule has 5 nitrogen and oxygen atoms in total. The minimum atomic E-state index is -0.394. The van der Waals surface area contributed by atoms with Gasteiger partial charge in [-0.05, 0) is 38.1 Å². The van der Waals surface area contributed by atoms with E-state index < -0.39 is 5.41 Å². The molecule has 2 amide bonds. The van der Waals surface area contributed by atoms with Gasteiger partial charge in [0.1, 0.15) is 0 Å². The van der Waals surface area contributed by atoms with E-state index in [-0.39, 0.29) is 17.9 Å². The number of aryl methyl sites for hydroxylation is 1. The molecule has 0 spiro atoms. The predicted octanol–water partition coefficient (Wildman–Crippen LogP) is 2.91. The predicted molar refractivity (Wildman–Crippen MR) is 107 cm³/mol. The molecule has 0 radical (unpaired) electrons. The summed E-state index contributed by atoms with van der Waals surface area (Å²) < 4.78 is 0. The molecule has 0 aliphatic heterocycles. The van der Waals surface area contributed by atoms with Gasteiger partial charge in [-0.25, -0.2) is 0 Å². The number of rotatable bonds is 9. The number of hydrogen-bond acceptors (Lipinski definition) is 3. The van der Waals surface area contributed by atoms with E-state index in [1.807, 2.05) is 34.9 Å². The van der Waals surface area contributed by atoms with Crippen LogP contribution < -0.4 is 10.6 Å². The second kappa shape index (κ2) is 10.3. The lowest BCUT2D eigenvalue weighted by atomic mass is 9.96. The van der Waals surface area contributed by atoms with E-state index in [2.05, 4.69) is 46.7 Å². The van der Waals surface area contributed by atoms with Gasteiger partial charge in [-0.15, -0.1) is 0 Å². The zero-order chi connectivity index (χ0) is 19.7. The summed E-state index contributed by atoms with van der Waals surface area (Å²) in [6.07, 6.45) is 2.08. The number of nitrogens with zero attached hydrogens (tertiary/aromatic N) is 1. The highest BCUT2D eigenvalue weighted by Gasteiger charge is 2.20. The number of nitrogens with one attached hydrogen (secondary N) is 2. The van der Waals surface area contributed by atoms with Gasteiger partial charge >= 0.3 is 0 Å². The molecule has 0 heterocycles. The minimum absolute atomic E-state index is 0.0149. The first-order valence-electron chi connectivity index (χ1n) is 9.45. The molecule has 1 aromatic carbocycles. The topological polar surface area (TPSA) is 61.4 Å². The SMILES string of the molecule is CCc1ccc(C(CNC(=O)CCCNC(=O)C(C)(C)C)N(C)C)cc1. The Hall–Kier alpha value is -1.88. The summed E-state index contributed by atoms with van der Waals surface area (Å²) in [6, 6.07) is 8.71. The third kappa shape index (κ3) is 7.56. The third-order valence-electron chi connectivity index (χ3n) is 4.44. The van der Waals surface area contributed by atoms with Crippen LogP contribution in [0.5, 0.6) is 0 Å². The maximum atomic E-state index is 12.1. The monoisotopic (exact) mass is 361 g/mol. The van der Waals surface area contributed by atoms with E-state index in [1.165, 1.54) is 11.1 Å². The lowest BCUT2D eigenvalue weighted by Crippen LogP contribution is -2.36. The summed E-state index contributed by atoms with van der Waals surface area (Å²) in [5.74, 6) is 0.0353. The van der Waals surface area contributed by atoms with E-state index in [1.54, 1.807) is 0 Å². The molecule has 0 saturated carbocycles. The van der Waals surface area contributed by atoms with Crippen molar-refractivity contribution in [3.05, 3.63) is 35.4 Å². The fourth-order valence-electron chi connectivity index (χ4n) is 2.59. The molecule has 26 heavy (non-hydrogen) atoms. The van der Waals surface area contributed by atoms with Crippen molar-refractivity contribution in [3.63, 3.8) is 0 Å². The first kappa shape index (κ1) is 22.2. The standard InChI is InChI=1S/C21H35N3O2/c1-7-16-10-12-17(13-11-16)18(24(5)6)15-23-19(25)9-8-14-22-20(26)21(2,3)4/h10-13,18H,7-9,14-15H2,1-6H3,(H,22,26)(H,23,25). The van der Waals surface area contributed by atoms with Crippen LogP contribution in [0.15, 0.2) is 24.3 Å². The molecule has 0 saturated heterocycles. The van der Waals surface area contributed by atoms with Crippen molar-refractivity contribution < 1.29 is 9.59 Å². The van der Waals surface area contributed by atoms with Gasteiger partial charge in [0.2, 0.25) is 11.8 Å². The zero-order valence-corrected chi connectivity index (χ0v) is 17.2. The van der Waals surface area contributed by atoms with Gasteiger partial charge in [0.05, 0.1) is 6.04 Å². The third-order valence-corrected chi connectivity index (χ3v) is 4.44. The molecule has 0 aromatic heterocycles. The van der Waals surface area contributed by atoms with Crippen molar-refractivity contribution in [3.8, 4) is 0 Å². The van der Waals surface area contributed by atoms with E-state index >= 15 is 0 Å². The smallest absolute Gasteiger partial charge is 0.225 e. The van der Waals surface area contributed by atoms with Crippen molar-refractivity contribution in [1.82, 2.24) is 15.5 Å². The summed E-state index contributed by atoms with van der Waals surface area (Å²) in [5.41, 5.74) is 2.12. The number of likely N-dealkylation sites (N-methyl/N-ethyl adjacent to an activating group) is 1. The fourth-order valence-corrected chi connectivity index (χ4v) is 2.59. The van der Waals surface area contributed by atoms with Gasteiger partial charge in [0.25, 0.3) is 0 Å². The van der Waals surface area contributed by atoms with Crippen LogP contribution in [0.4, 0.5) is 0 Å². The lowest BCUT2D eigenvalue weighted by molar-refractivity contribution is -0.128. The van der Waals surface area contributed by atoms with Crippen molar-refractivity contribution in [2.24, 2.45) is 5.41 Å². The summed E-state index contributed by atoms with van der Waals surface area (Å²) in [5, 5.41) is 5.89. The van der Waals surface area contributed by atoms with Gasteiger partial charge in [-0.2, -0.15) is 0 Å². The first-order valence-corrected chi connectivity index (χ1v) is 9.45. The van der Waals surface area contributed by atoms with Crippen LogP contribution in [0.25, 0.3) is 0 Å². The summed E-state index contributed by atoms with van der Waals surface area (Å²) in [7, 11) is 4.04. The molecule has 0 fully saturated rings. The number of carbonyl (C=O) groups excluding carboxylic acids is 2. The van der Waals surface area contributed by atoms with Crippen molar-refractivity contribution in [1.29, 1.82) is 0 Å². The molecule has 0 aliphatic carbocycles. The van der Waals surface area contributed by atoms with Crippen LogP contribution in [0.2, 0.25) is 0 Å². The second-order valence-electron chi connectivity index (χ2n) is 7.99. The minimum Gasteiger partial charge on any atom is -0.356 e. The van der Waals surface area contributed by atoms with Crippen LogP contribution in [-0.4, -0.2) is 43.9 Å². The fraction of sp³-hybridized carbons (Fsp3) is 0.619. The highest BCUT2D eigenvalue weighted by Crippen LogP contribution is 2.18. The van der Waals surface area contributed by atoms with Crippen LogP contribution in [0, 0.1) is 5.41 Å².